The molecule has 0 saturated heterocycles. The van der Waals surface area contributed by atoms with Crippen molar-refractivity contribution in [1.29, 1.82) is 0 Å². The monoisotopic (exact) mass is 500 g/mol. The molecule has 2 N–H and O–H groups in total. The van der Waals surface area contributed by atoms with Gasteiger partial charge in [0.1, 0.15) is 5.82 Å². The van der Waals surface area contributed by atoms with Crippen LogP contribution < -0.4 is 10.0 Å². The van der Waals surface area contributed by atoms with E-state index in [4.69, 9.17) is 9.97 Å². The normalized spacial score (nSPS) is 15.5. The van der Waals surface area contributed by atoms with Gasteiger partial charge in [-0.25, -0.2) is 18.4 Å². The zero-order valence-electron chi connectivity index (χ0n) is 20.5. The second-order valence-electron chi connectivity index (χ2n) is 9.66. The third kappa shape index (κ3) is 5.85. The summed E-state index contributed by atoms with van der Waals surface area (Å²) in [5.74, 6) is 2.52. The standard InChI is InChI=1S/C29H32N4O2S/c1-36(34,35)33-24-18-16-23(17-19-24)28-31-27-15-9-8-14-25(27)29(32-28)30-20-26(21-10-4-2-5-11-21)22-12-6-3-7-13-22/h2,4-5,8-11,14-19,22,26,33H,3,6-7,12-13,20H2,1H3,(H,30,31,32). The van der Waals surface area contributed by atoms with Crippen LogP contribution in [-0.2, 0) is 10.0 Å². The van der Waals surface area contributed by atoms with Crippen LogP contribution in [0.4, 0.5) is 11.5 Å². The first kappa shape index (κ1) is 24.3. The summed E-state index contributed by atoms with van der Waals surface area (Å²) in [6.45, 7) is 0.812. The Balaban J connectivity index is 1.45. The molecular formula is C29H32N4O2S. The first-order valence-corrected chi connectivity index (χ1v) is 14.5. The second kappa shape index (κ2) is 10.7. The van der Waals surface area contributed by atoms with Crippen molar-refractivity contribution in [2.24, 2.45) is 5.92 Å². The zero-order valence-corrected chi connectivity index (χ0v) is 21.3. The minimum Gasteiger partial charge on any atom is -0.369 e. The lowest BCUT2D eigenvalue weighted by atomic mass is 9.77. The van der Waals surface area contributed by atoms with Crippen LogP contribution in [0.15, 0.2) is 78.9 Å². The number of hydrogen-bond acceptors (Lipinski definition) is 5. The Morgan fingerprint density at radius 3 is 2.28 bits per heavy atom. The van der Waals surface area contributed by atoms with E-state index in [1.807, 2.05) is 30.3 Å². The van der Waals surface area contributed by atoms with Crippen molar-refractivity contribution in [2.45, 2.75) is 38.0 Å². The number of benzene rings is 3. The Kier molecular flexibility index (Phi) is 7.18. The molecule has 0 aliphatic heterocycles. The van der Waals surface area contributed by atoms with Gasteiger partial charge in [-0.15, -0.1) is 0 Å². The predicted molar refractivity (Wildman–Crippen MR) is 148 cm³/mol. The average Bonchev–Trinajstić information content (AvgIpc) is 2.89. The summed E-state index contributed by atoms with van der Waals surface area (Å²) in [7, 11) is -3.33. The molecule has 1 unspecified atom stereocenters. The minimum atomic E-state index is -3.33. The Labute approximate surface area is 213 Å². The maximum Gasteiger partial charge on any atom is 0.229 e. The van der Waals surface area contributed by atoms with Gasteiger partial charge < -0.3 is 5.32 Å². The van der Waals surface area contributed by atoms with Gasteiger partial charge in [-0.3, -0.25) is 4.72 Å². The highest BCUT2D eigenvalue weighted by atomic mass is 32.2. The maximum absolute atomic E-state index is 11.5. The molecule has 1 atom stereocenters. The maximum atomic E-state index is 11.5. The van der Waals surface area contributed by atoms with Crippen molar-refractivity contribution in [2.75, 3.05) is 22.8 Å². The van der Waals surface area contributed by atoms with Gasteiger partial charge in [0, 0.05) is 29.1 Å². The molecule has 36 heavy (non-hydrogen) atoms. The SMILES string of the molecule is CS(=O)(=O)Nc1ccc(-c2nc(NCC(c3ccccc3)C3CCCCC3)c3ccccc3n2)cc1. The number of anilines is 2. The van der Waals surface area contributed by atoms with Crippen LogP contribution in [-0.4, -0.2) is 31.2 Å². The summed E-state index contributed by atoms with van der Waals surface area (Å²) in [6, 6.07) is 26.0. The lowest BCUT2D eigenvalue weighted by Crippen LogP contribution is -2.23. The highest BCUT2D eigenvalue weighted by Crippen LogP contribution is 2.36. The molecule has 1 heterocycles. The molecule has 1 aliphatic carbocycles. The molecule has 5 rings (SSSR count). The summed E-state index contributed by atoms with van der Waals surface area (Å²) >= 11 is 0. The van der Waals surface area contributed by atoms with Gasteiger partial charge in [-0.1, -0.05) is 61.7 Å². The number of nitrogens with one attached hydrogen (secondary N) is 2. The first-order valence-electron chi connectivity index (χ1n) is 12.6. The van der Waals surface area contributed by atoms with Crippen LogP contribution in [0.25, 0.3) is 22.3 Å². The molecule has 1 aromatic heterocycles. The van der Waals surface area contributed by atoms with Crippen molar-refractivity contribution >= 4 is 32.4 Å². The van der Waals surface area contributed by atoms with E-state index < -0.39 is 10.0 Å². The molecule has 0 radical (unpaired) electrons. The summed E-state index contributed by atoms with van der Waals surface area (Å²) in [4.78, 5) is 9.72. The molecule has 0 amide bonds. The summed E-state index contributed by atoms with van der Waals surface area (Å²) in [5.41, 5.74) is 3.59. The van der Waals surface area contributed by atoms with E-state index in [-0.39, 0.29) is 0 Å². The smallest absolute Gasteiger partial charge is 0.229 e. The molecule has 1 saturated carbocycles. The molecule has 186 valence electrons. The zero-order chi connectivity index (χ0) is 25.0. The highest BCUT2D eigenvalue weighted by Gasteiger charge is 2.25. The van der Waals surface area contributed by atoms with E-state index in [0.717, 1.165) is 35.1 Å². The molecule has 1 fully saturated rings. The van der Waals surface area contributed by atoms with Gasteiger partial charge in [-0.05, 0) is 60.7 Å². The summed E-state index contributed by atoms with van der Waals surface area (Å²) in [6.07, 6.45) is 7.62. The molecule has 1 aliphatic rings. The molecule has 4 aromatic rings. The van der Waals surface area contributed by atoms with Crippen molar-refractivity contribution in [3.63, 3.8) is 0 Å². The van der Waals surface area contributed by atoms with Crippen molar-refractivity contribution < 1.29 is 8.42 Å². The van der Waals surface area contributed by atoms with Gasteiger partial charge in [0.15, 0.2) is 5.82 Å². The van der Waals surface area contributed by atoms with E-state index in [0.29, 0.717) is 23.3 Å². The fraction of sp³-hybridized carbons (Fsp3) is 0.310. The number of nitrogens with zero attached hydrogens (tertiary/aromatic N) is 2. The molecule has 0 spiro atoms. The largest absolute Gasteiger partial charge is 0.369 e. The van der Waals surface area contributed by atoms with E-state index in [9.17, 15) is 8.42 Å². The molecule has 7 heteroatoms. The van der Waals surface area contributed by atoms with Gasteiger partial charge in [0.05, 0.1) is 11.8 Å². The van der Waals surface area contributed by atoms with Gasteiger partial charge in [0.2, 0.25) is 10.0 Å². The van der Waals surface area contributed by atoms with Crippen LogP contribution in [0.3, 0.4) is 0 Å². The van der Waals surface area contributed by atoms with E-state index in [2.05, 4.69) is 46.4 Å². The number of fused-ring (bicyclic) bond motifs is 1. The molecule has 3 aromatic carbocycles. The molecule has 6 nitrogen and oxygen atoms in total. The van der Waals surface area contributed by atoms with Gasteiger partial charge in [-0.2, -0.15) is 0 Å². The van der Waals surface area contributed by atoms with Crippen molar-refractivity contribution in [1.82, 2.24) is 9.97 Å². The third-order valence-corrected chi connectivity index (χ3v) is 7.59. The van der Waals surface area contributed by atoms with E-state index in [1.165, 1.54) is 37.7 Å². The number of sulfonamides is 1. The Morgan fingerprint density at radius 1 is 0.861 bits per heavy atom. The lowest BCUT2D eigenvalue weighted by Gasteiger charge is -2.31. The summed E-state index contributed by atoms with van der Waals surface area (Å²) in [5, 5.41) is 4.69. The van der Waals surface area contributed by atoms with Crippen LogP contribution in [0.5, 0.6) is 0 Å². The Hall–Kier alpha value is -3.45. The fourth-order valence-corrected chi connectivity index (χ4v) is 5.81. The molecule has 0 bridgehead atoms. The summed E-state index contributed by atoms with van der Waals surface area (Å²) < 4.78 is 25.6. The predicted octanol–water partition coefficient (Wildman–Crippen LogP) is 6.44. The first-order chi connectivity index (χ1) is 17.5. The highest BCUT2D eigenvalue weighted by molar-refractivity contribution is 7.92. The lowest BCUT2D eigenvalue weighted by molar-refractivity contribution is 0.311. The number of para-hydroxylation sites is 1. The van der Waals surface area contributed by atoms with E-state index >= 15 is 0 Å². The van der Waals surface area contributed by atoms with Crippen LogP contribution in [0.2, 0.25) is 0 Å². The fourth-order valence-electron chi connectivity index (χ4n) is 5.24. The van der Waals surface area contributed by atoms with Gasteiger partial charge in [0.25, 0.3) is 0 Å². The van der Waals surface area contributed by atoms with Crippen molar-refractivity contribution in [3.05, 3.63) is 84.4 Å². The second-order valence-corrected chi connectivity index (χ2v) is 11.4. The molecular weight excluding hydrogens is 468 g/mol. The minimum absolute atomic E-state index is 0.421. The average molecular weight is 501 g/mol. The third-order valence-electron chi connectivity index (χ3n) is 6.99. The van der Waals surface area contributed by atoms with Crippen LogP contribution in [0.1, 0.15) is 43.6 Å². The van der Waals surface area contributed by atoms with Crippen LogP contribution in [0, 0.1) is 5.92 Å². The quantitative estimate of drug-likeness (QED) is 0.291. The Morgan fingerprint density at radius 2 is 1.56 bits per heavy atom. The van der Waals surface area contributed by atoms with E-state index in [1.54, 1.807) is 12.1 Å². The van der Waals surface area contributed by atoms with Gasteiger partial charge >= 0.3 is 0 Å². The van der Waals surface area contributed by atoms with Crippen LogP contribution >= 0.6 is 0 Å². The number of hydrogen-bond donors (Lipinski definition) is 2. The number of rotatable bonds is 8. The topological polar surface area (TPSA) is 84.0 Å². The number of aromatic nitrogens is 2. The Bertz CT molecular complexity index is 1420. The van der Waals surface area contributed by atoms with Crippen molar-refractivity contribution in [3.8, 4) is 11.4 Å².